The molecule has 3 nitrogen and oxygen atoms in total. The lowest BCUT2D eigenvalue weighted by molar-refractivity contribution is -0.137. The summed E-state index contributed by atoms with van der Waals surface area (Å²) in [4.78, 5) is 2.06. The molecule has 0 amide bonds. The van der Waals surface area contributed by atoms with Gasteiger partial charge in [0, 0.05) is 35.9 Å². The van der Waals surface area contributed by atoms with E-state index in [1.807, 2.05) is 36.5 Å². The quantitative estimate of drug-likeness (QED) is 0.655. The normalized spacial score (nSPS) is 13.7. The van der Waals surface area contributed by atoms with Crippen molar-refractivity contribution in [2.24, 2.45) is 0 Å². The number of anilines is 1. The van der Waals surface area contributed by atoms with Gasteiger partial charge in [0.15, 0.2) is 0 Å². The maximum atomic E-state index is 13.4. The number of para-hydroxylation sites is 1. The summed E-state index contributed by atoms with van der Waals surface area (Å²) in [6.07, 6.45) is 1.15. The van der Waals surface area contributed by atoms with Gasteiger partial charge in [0.25, 0.3) is 0 Å². The van der Waals surface area contributed by atoms with Crippen LogP contribution >= 0.6 is 0 Å². The summed E-state index contributed by atoms with van der Waals surface area (Å²) in [6, 6.07) is 15.0. The van der Waals surface area contributed by atoms with E-state index in [9.17, 15) is 13.2 Å². The number of alkyl halides is 3. The molecule has 2 heterocycles. The summed E-state index contributed by atoms with van der Waals surface area (Å²) in [6.45, 7) is 1.15. The molecule has 2 aromatic carbocycles. The molecule has 2 N–H and O–H groups in total. The van der Waals surface area contributed by atoms with Crippen LogP contribution in [0.15, 0.2) is 67.0 Å². The van der Waals surface area contributed by atoms with Gasteiger partial charge in [-0.3, -0.25) is 0 Å². The standard InChI is InChI=1S/C21H18F3N3/c22-21(23,24)18-7-1-2-9-20(18)27-11-4-6-16(27)14-26-12-10-17-15(13-26)5-3-8-19(17)25/h1-12H,13-14,25H2. The number of aromatic nitrogens is 1. The van der Waals surface area contributed by atoms with E-state index in [1.165, 1.54) is 12.1 Å². The minimum absolute atomic E-state index is 0.135. The van der Waals surface area contributed by atoms with E-state index >= 15 is 0 Å². The Kier molecular flexibility index (Phi) is 4.18. The van der Waals surface area contributed by atoms with E-state index in [1.54, 1.807) is 22.9 Å². The summed E-state index contributed by atoms with van der Waals surface area (Å²) in [5.74, 6) is 0. The van der Waals surface area contributed by atoms with E-state index in [0.29, 0.717) is 13.1 Å². The Balaban J connectivity index is 1.64. The van der Waals surface area contributed by atoms with Crippen molar-refractivity contribution in [3.05, 3.63) is 89.4 Å². The maximum Gasteiger partial charge on any atom is 0.418 e. The lowest BCUT2D eigenvalue weighted by Gasteiger charge is -2.27. The molecule has 0 saturated heterocycles. The minimum Gasteiger partial charge on any atom is -0.398 e. The van der Waals surface area contributed by atoms with Crippen LogP contribution in [0.1, 0.15) is 22.4 Å². The summed E-state index contributed by atoms with van der Waals surface area (Å²) in [5, 5.41) is 0. The zero-order chi connectivity index (χ0) is 19.0. The molecule has 4 rings (SSSR count). The Morgan fingerprint density at radius 3 is 2.59 bits per heavy atom. The molecule has 0 aliphatic carbocycles. The number of fused-ring (bicyclic) bond motifs is 1. The summed E-state index contributed by atoms with van der Waals surface area (Å²) in [5.41, 5.74) is 9.11. The van der Waals surface area contributed by atoms with Gasteiger partial charge in [-0.25, -0.2) is 0 Å². The van der Waals surface area contributed by atoms with Crippen molar-refractivity contribution in [2.75, 3.05) is 5.73 Å². The molecule has 3 aromatic rings. The second-order valence-corrected chi connectivity index (χ2v) is 6.53. The van der Waals surface area contributed by atoms with E-state index in [4.69, 9.17) is 5.73 Å². The Morgan fingerprint density at radius 1 is 0.963 bits per heavy atom. The molecule has 0 spiro atoms. The Morgan fingerprint density at radius 2 is 1.78 bits per heavy atom. The van der Waals surface area contributed by atoms with Crippen molar-refractivity contribution < 1.29 is 13.2 Å². The molecular weight excluding hydrogens is 351 g/mol. The van der Waals surface area contributed by atoms with Crippen molar-refractivity contribution in [1.82, 2.24) is 9.47 Å². The third kappa shape index (κ3) is 3.30. The molecule has 0 radical (unpaired) electrons. The molecule has 1 aromatic heterocycles. The number of benzene rings is 2. The van der Waals surface area contributed by atoms with Crippen LogP contribution in [0.3, 0.4) is 0 Å². The van der Waals surface area contributed by atoms with E-state index in [0.717, 1.165) is 28.6 Å². The summed E-state index contributed by atoms with van der Waals surface area (Å²) >= 11 is 0. The van der Waals surface area contributed by atoms with Gasteiger partial charge in [0.2, 0.25) is 0 Å². The van der Waals surface area contributed by atoms with Crippen LogP contribution in [0.5, 0.6) is 0 Å². The Labute approximate surface area is 155 Å². The Hall–Kier alpha value is -3.15. The van der Waals surface area contributed by atoms with E-state index < -0.39 is 11.7 Å². The van der Waals surface area contributed by atoms with Gasteiger partial charge < -0.3 is 15.2 Å². The highest BCUT2D eigenvalue weighted by molar-refractivity contribution is 5.68. The van der Waals surface area contributed by atoms with Gasteiger partial charge in [0.1, 0.15) is 0 Å². The van der Waals surface area contributed by atoms with Gasteiger partial charge in [0.05, 0.1) is 17.8 Å². The van der Waals surface area contributed by atoms with Crippen molar-refractivity contribution in [3.8, 4) is 5.69 Å². The lowest BCUT2D eigenvalue weighted by Crippen LogP contribution is -2.22. The monoisotopic (exact) mass is 369 g/mol. The van der Waals surface area contributed by atoms with Crippen molar-refractivity contribution >= 4 is 11.8 Å². The zero-order valence-corrected chi connectivity index (χ0v) is 14.4. The molecule has 1 aliphatic rings. The largest absolute Gasteiger partial charge is 0.418 e. The summed E-state index contributed by atoms with van der Waals surface area (Å²) < 4.78 is 41.8. The van der Waals surface area contributed by atoms with Gasteiger partial charge in [-0.15, -0.1) is 0 Å². The van der Waals surface area contributed by atoms with Crippen LogP contribution in [-0.4, -0.2) is 9.47 Å². The number of nitrogens with two attached hydrogens (primary N) is 1. The number of hydrogen-bond donors (Lipinski definition) is 1. The van der Waals surface area contributed by atoms with Crippen LogP contribution in [0.25, 0.3) is 11.8 Å². The first-order valence-electron chi connectivity index (χ1n) is 8.56. The third-order valence-electron chi connectivity index (χ3n) is 4.72. The van der Waals surface area contributed by atoms with Crippen molar-refractivity contribution in [1.29, 1.82) is 0 Å². The fourth-order valence-electron chi connectivity index (χ4n) is 3.45. The van der Waals surface area contributed by atoms with Crippen LogP contribution in [-0.2, 0) is 19.3 Å². The first-order valence-corrected chi connectivity index (χ1v) is 8.56. The van der Waals surface area contributed by atoms with Crippen LogP contribution < -0.4 is 5.73 Å². The van der Waals surface area contributed by atoms with Gasteiger partial charge in [-0.1, -0.05) is 24.3 Å². The van der Waals surface area contributed by atoms with E-state index in [-0.39, 0.29) is 5.69 Å². The average Bonchev–Trinajstić information content (AvgIpc) is 3.09. The van der Waals surface area contributed by atoms with Gasteiger partial charge >= 0.3 is 6.18 Å². The number of nitrogen functional groups attached to an aromatic ring is 1. The predicted octanol–water partition coefficient (Wildman–Crippen LogP) is 5.06. The molecule has 0 saturated carbocycles. The van der Waals surface area contributed by atoms with Gasteiger partial charge in [-0.2, -0.15) is 13.2 Å². The second kappa shape index (κ2) is 6.54. The molecule has 0 unspecified atom stereocenters. The molecule has 0 fully saturated rings. The number of nitrogens with zero attached hydrogens (tertiary/aromatic N) is 2. The number of hydrogen-bond acceptors (Lipinski definition) is 2. The molecule has 0 bridgehead atoms. The highest BCUT2D eigenvalue weighted by Gasteiger charge is 2.33. The Bertz CT molecular complexity index is 1000. The topological polar surface area (TPSA) is 34.2 Å². The zero-order valence-electron chi connectivity index (χ0n) is 14.4. The predicted molar refractivity (Wildman–Crippen MR) is 99.9 cm³/mol. The van der Waals surface area contributed by atoms with E-state index in [2.05, 4.69) is 4.90 Å². The molecule has 6 heteroatoms. The fourth-order valence-corrected chi connectivity index (χ4v) is 3.45. The molecular formula is C21H18F3N3. The lowest BCUT2D eigenvalue weighted by atomic mass is 10.0. The first-order chi connectivity index (χ1) is 12.9. The third-order valence-corrected chi connectivity index (χ3v) is 4.72. The van der Waals surface area contributed by atoms with Crippen LogP contribution in [0.4, 0.5) is 18.9 Å². The molecule has 1 aliphatic heterocycles. The van der Waals surface area contributed by atoms with Crippen LogP contribution in [0.2, 0.25) is 0 Å². The second-order valence-electron chi connectivity index (χ2n) is 6.53. The highest BCUT2D eigenvalue weighted by atomic mass is 19.4. The highest BCUT2D eigenvalue weighted by Crippen LogP contribution is 2.34. The van der Waals surface area contributed by atoms with Gasteiger partial charge in [-0.05, 0) is 42.0 Å². The number of rotatable bonds is 3. The SMILES string of the molecule is Nc1cccc2c1C=CN(Cc1cccn1-c1ccccc1C(F)(F)F)C2. The van der Waals surface area contributed by atoms with Crippen molar-refractivity contribution in [3.63, 3.8) is 0 Å². The molecule has 0 atom stereocenters. The first kappa shape index (κ1) is 17.3. The molecule has 27 heavy (non-hydrogen) atoms. The molecule has 138 valence electrons. The van der Waals surface area contributed by atoms with Crippen molar-refractivity contribution in [2.45, 2.75) is 19.3 Å². The average molecular weight is 369 g/mol. The maximum absolute atomic E-state index is 13.4. The summed E-state index contributed by atoms with van der Waals surface area (Å²) in [7, 11) is 0. The fraction of sp³-hybridized carbons (Fsp3) is 0.143. The minimum atomic E-state index is -4.40. The number of halogens is 3. The smallest absolute Gasteiger partial charge is 0.398 e. The van der Waals surface area contributed by atoms with Crippen LogP contribution in [0, 0.1) is 0 Å².